The Morgan fingerprint density at radius 1 is 1.39 bits per heavy atom. The van der Waals surface area contributed by atoms with E-state index in [2.05, 4.69) is 25.5 Å². The summed E-state index contributed by atoms with van der Waals surface area (Å²) >= 11 is 1.21. The number of aromatic amines is 1. The fourth-order valence-electron chi connectivity index (χ4n) is 3.75. The molecule has 0 radical (unpaired) electrons. The van der Waals surface area contributed by atoms with Crippen LogP contribution in [0.25, 0.3) is 32.5 Å². The Bertz CT molecular complexity index is 1330. The second-order valence-corrected chi connectivity index (χ2v) is 8.70. The number of benzene rings is 1. The third-order valence-electron chi connectivity index (χ3n) is 5.70. The smallest absolute Gasteiger partial charge is 0.232 e. The van der Waals surface area contributed by atoms with E-state index in [1.54, 1.807) is 25.3 Å². The molecule has 0 spiro atoms. The van der Waals surface area contributed by atoms with Gasteiger partial charge in [-0.2, -0.15) is 5.10 Å². The maximum absolute atomic E-state index is 15.4. The first kappa shape index (κ1) is 19.8. The molecule has 0 aliphatic heterocycles. The Hall–Kier alpha value is -3.14. The molecule has 2 atom stereocenters. The molecule has 1 aromatic carbocycles. The summed E-state index contributed by atoms with van der Waals surface area (Å²) in [6, 6.07) is 3.57. The van der Waals surface area contributed by atoms with E-state index in [1.165, 1.54) is 11.3 Å². The van der Waals surface area contributed by atoms with Crippen LogP contribution < -0.4 is 10.2 Å². The van der Waals surface area contributed by atoms with Crippen molar-refractivity contribution in [2.75, 3.05) is 23.8 Å². The molecular formula is C21H20F2N6OS. The largest absolute Gasteiger partial charge is 0.371 e. The Labute approximate surface area is 180 Å². The summed E-state index contributed by atoms with van der Waals surface area (Å²) < 4.78 is 28.5. The number of hydrogen-bond donors (Lipinski definition) is 2. The summed E-state index contributed by atoms with van der Waals surface area (Å²) in [6.45, 7) is 4.34. The predicted octanol–water partition coefficient (Wildman–Crippen LogP) is 4.43. The highest BCUT2D eigenvalue weighted by Gasteiger charge is 2.43. The fourth-order valence-corrected chi connectivity index (χ4v) is 4.59. The molecule has 1 amide bonds. The fraction of sp³-hybridized carbons (Fsp3) is 0.333. The molecule has 7 nitrogen and oxygen atoms in total. The highest BCUT2D eigenvalue weighted by molar-refractivity contribution is 7.22. The Balaban J connectivity index is 1.58. The molecule has 0 unspecified atom stereocenters. The standard InChI is InChI=1S/C21H20F2N6OS/c1-4-29(3)18-16(23)9(2)15(11-8-24-28-17(11)18)13-5-6-14-20(25-13)31-21(26-14)27-19(30)10-7-12(10)22/h5-6,8,10,12H,4,7H2,1-3H3,(H,24,28)(H,26,27,30)/t10-,12+/m1/s1. The molecule has 0 saturated heterocycles. The number of thiazole rings is 1. The lowest BCUT2D eigenvalue weighted by Crippen LogP contribution is -2.18. The van der Waals surface area contributed by atoms with Gasteiger partial charge in [-0.1, -0.05) is 11.3 Å². The number of aromatic nitrogens is 4. The van der Waals surface area contributed by atoms with E-state index < -0.39 is 12.1 Å². The first-order valence-corrected chi connectivity index (χ1v) is 10.8. The summed E-state index contributed by atoms with van der Waals surface area (Å²) in [5.41, 5.74) is 3.44. The molecule has 1 saturated carbocycles. The summed E-state index contributed by atoms with van der Waals surface area (Å²) in [5, 5.41) is 10.9. The van der Waals surface area contributed by atoms with Crippen LogP contribution in [0, 0.1) is 18.7 Å². The Morgan fingerprint density at radius 2 is 2.16 bits per heavy atom. The van der Waals surface area contributed by atoms with Gasteiger partial charge in [0.1, 0.15) is 16.5 Å². The zero-order valence-corrected chi connectivity index (χ0v) is 18.0. The third-order valence-corrected chi connectivity index (χ3v) is 6.59. The highest BCUT2D eigenvalue weighted by Crippen LogP contribution is 2.40. The quantitative estimate of drug-likeness (QED) is 0.477. The van der Waals surface area contributed by atoms with Gasteiger partial charge in [0, 0.05) is 24.5 Å². The number of nitrogens with zero attached hydrogens (tertiary/aromatic N) is 4. The minimum Gasteiger partial charge on any atom is -0.371 e. The lowest BCUT2D eigenvalue weighted by molar-refractivity contribution is -0.117. The Morgan fingerprint density at radius 3 is 2.87 bits per heavy atom. The van der Waals surface area contributed by atoms with Crippen LogP contribution in [-0.4, -0.2) is 45.8 Å². The SMILES string of the molecule is CCN(C)c1c(F)c(C)c(-c2ccc3nc(NC(=O)[C@@H]4C[C@@H]4F)sc3n2)c2cn[nH]c12. The molecular weight excluding hydrogens is 422 g/mol. The number of rotatable bonds is 5. The van der Waals surface area contributed by atoms with Gasteiger partial charge in [-0.25, -0.2) is 18.7 Å². The van der Waals surface area contributed by atoms with Gasteiger partial charge in [0.25, 0.3) is 0 Å². The number of halogens is 2. The van der Waals surface area contributed by atoms with E-state index in [4.69, 9.17) is 0 Å². The number of H-pyrrole nitrogens is 1. The summed E-state index contributed by atoms with van der Waals surface area (Å²) in [6.07, 6.45) is 0.870. The van der Waals surface area contributed by atoms with E-state index >= 15 is 4.39 Å². The van der Waals surface area contributed by atoms with E-state index in [0.29, 0.717) is 50.0 Å². The van der Waals surface area contributed by atoms with Crippen molar-refractivity contribution in [3.8, 4) is 11.3 Å². The number of anilines is 2. The number of pyridine rings is 1. The first-order valence-electron chi connectivity index (χ1n) is 9.98. The van der Waals surface area contributed by atoms with Gasteiger partial charge in [-0.15, -0.1) is 0 Å². The zero-order chi connectivity index (χ0) is 21.9. The second kappa shape index (κ2) is 7.23. The van der Waals surface area contributed by atoms with Crippen molar-refractivity contribution in [1.82, 2.24) is 20.2 Å². The maximum atomic E-state index is 15.4. The maximum Gasteiger partial charge on any atom is 0.232 e. The van der Waals surface area contributed by atoms with Crippen molar-refractivity contribution in [3.05, 3.63) is 29.7 Å². The molecule has 160 valence electrons. The number of amides is 1. The molecule has 5 rings (SSSR count). The Kier molecular flexibility index (Phi) is 4.62. The van der Waals surface area contributed by atoms with Crippen molar-refractivity contribution in [3.63, 3.8) is 0 Å². The van der Waals surface area contributed by atoms with Crippen LogP contribution in [0.4, 0.5) is 19.6 Å². The van der Waals surface area contributed by atoms with Crippen molar-refractivity contribution >= 4 is 49.3 Å². The molecule has 3 aromatic heterocycles. The van der Waals surface area contributed by atoms with Crippen LogP contribution in [0.3, 0.4) is 0 Å². The van der Waals surface area contributed by atoms with Crippen LogP contribution in [-0.2, 0) is 4.79 Å². The highest BCUT2D eigenvalue weighted by atomic mass is 32.1. The average molecular weight is 442 g/mol. The number of alkyl halides is 1. The molecule has 0 bridgehead atoms. The van der Waals surface area contributed by atoms with Crippen molar-refractivity contribution < 1.29 is 13.6 Å². The molecule has 3 heterocycles. The monoisotopic (exact) mass is 442 g/mol. The lowest BCUT2D eigenvalue weighted by Gasteiger charge is -2.21. The number of hydrogen-bond acceptors (Lipinski definition) is 6. The number of carbonyl (C=O) groups is 1. The minimum atomic E-state index is -1.07. The lowest BCUT2D eigenvalue weighted by atomic mass is 9.98. The van der Waals surface area contributed by atoms with E-state index in [9.17, 15) is 9.18 Å². The van der Waals surface area contributed by atoms with E-state index in [1.807, 2.05) is 18.9 Å². The van der Waals surface area contributed by atoms with Crippen LogP contribution >= 0.6 is 11.3 Å². The number of fused-ring (bicyclic) bond motifs is 2. The van der Waals surface area contributed by atoms with Crippen LogP contribution in [0.1, 0.15) is 18.9 Å². The zero-order valence-electron chi connectivity index (χ0n) is 17.2. The summed E-state index contributed by atoms with van der Waals surface area (Å²) in [4.78, 5) is 23.5. The predicted molar refractivity (Wildman–Crippen MR) is 118 cm³/mol. The van der Waals surface area contributed by atoms with E-state index in [0.717, 1.165) is 5.39 Å². The van der Waals surface area contributed by atoms with E-state index in [-0.39, 0.29) is 18.1 Å². The van der Waals surface area contributed by atoms with Gasteiger partial charge in [-0.3, -0.25) is 9.89 Å². The van der Waals surface area contributed by atoms with Gasteiger partial charge in [0.05, 0.1) is 29.0 Å². The molecule has 1 aliphatic carbocycles. The van der Waals surface area contributed by atoms with Crippen LogP contribution in [0.5, 0.6) is 0 Å². The molecule has 1 fully saturated rings. The van der Waals surface area contributed by atoms with Crippen molar-refractivity contribution in [2.24, 2.45) is 5.92 Å². The molecule has 2 N–H and O–H groups in total. The normalized spacial score (nSPS) is 18.0. The molecule has 31 heavy (non-hydrogen) atoms. The van der Waals surface area contributed by atoms with Gasteiger partial charge in [0.15, 0.2) is 10.9 Å². The first-order chi connectivity index (χ1) is 14.9. The number of nitrogens with one attached hydrogen (secondary N) is 2. The van der Waals surface area contributed by atoms with Gasteiger partial charge < -0.3 is 10.2 Å². The van der Waals surface area contributed by atoms with Crippen molar-refractivity contribution in [2.45, 2.75) is 26.4 Å². The summed E-state index contributed by atoms with van der Waals surface area (Å²) in [5.74, 6) is -1.27. The van der Waals surface area contributed by atoms with Crippen molar-refractivity contribution in [1.29, 1.82) is 0 Å². The second-order valence-electron chi connectivity index (χ2n) is 7.72. The minimum absolute atomic E-state index is 0.258. The summed E-state index contributed by atoms with van der Waals surface area (Å²) in [7, 11) is 1.84. The van der Waals surface area contributed by atoms with Crippen LogP contribution in [0.15, 0.2) is 18.3 Å². The molecule has 4 aromatic rings. The van der Waals surface area contributed by atoms with Gasteiger partial charge in [0.2, 0.25) is 5.91 Å². The topological polar surface area (TPSA) is 86.8 Å². The molecule has 10 heteroatoms. The van der Waals surface area contributed by atoms with Gasteiger partial charge >= 0.3 is 0 Å². The number of carbonyl (C=O) groups excluding carboxylic acids is 1. The van der Waals surface area contributed by atoms with Crippen LogP contribution in [0.2, 0.25) is 0 Å². The third kappa shape index (κ3) is 3.21. The molecule has 1 aliphatic rings. The van der Waals surface area contributed by atoms with Gasteiger partial charge in [-0.05, 0) is 38.0 Å². The average Bonchev–Trinajstić information content (AvgIpc) is 3.12.